The minimum atomic E-state index is -0.374. The van der Waals surface area contributed by atoms with Gasteiger partial charge in [0.15, 0.2) is 0 Å². The molecule has 0 aliphatic carbocycles. The molecule has 0 saturated carbocycles. The summed E-state index contributed by atoms with van der Waals surface area (Å²) in [5, 5.41) is 0. The summed E-state index contributed by atoms with van der Waals surface area (Å²) in [6.07, 6.45) is 0. The van der Waals surface area contributed by atoms with Crippen LogP contribution in [0.2, 0.25) is 0 Å². The normalized spacial score (nSPS) is 11.1. The van der Waals surface area contributed by atoms with Crippen molar-refractivity contribution in [1.82, 2.24) is 0 Å². The first-order valence-electron chi connectivity index (χ1n) is 5.95. The summed E-state index contributed by atoms with van der Waals surface area (Å²) < 4.78 is 0. The molecule has 1 rings (SSSR count). The maximum Gasteiger partial charge on any atom is 0.203 e. The number of anilines is 1. The Morgan fingerprint density at radius 1 is 1.22 bits per heavy atom. The van der Waals surface area contributed by atoms with Crippen LogP contribution in [0.15, 0.2) is 24.3 Å². The van der Waals surface area contributed by atoms with Crippen LogP contribution in [0.1, 0.15) is 40.2 Å². The molecule has 3 heteroatoms. The SMILES string of the molecule is Cc1cccc(N(C(=O)C(C)(C)C)[C-](C)C)c1.[Yb]. The largest absolute Gasteiger partial charge is 0.462 e. The van der Waals surface area contributed by atoms with Crippen molar-refractivity contribution in [2.75, 3.05) is 4.90 Å². The Hall–Kier alpha value is 0.209. The Labute approximate surface area is 149 Å². The molecule has 2 nitrogen and oxygen atoms in total. The van der Waals surface area contributed by atoms with Gasteiger partial charge in [-0.3, -0.25) is 4.79 Å². The van der Waals surface area contributed by atoms with Crippen LogP contribution in [0.25, 0.3) is 0 Å². The van der Waals surface area contributed by atoms with Crippen LogP contribution in [0.4, 0.5) is 5.69 Å². The zero-order valence-corrected chi connectivity index (χ0v) is 13.6. The molecule has 1 aromatic carbocycles. The van der Waals surface area contributed by atoms with E-state index in [-0.39, 0.29) is 58.2 Å². The Balaban J connectivity index is 0.00000289. The summed E-state index contributed by atoms with van der Waals surface area (Å²) in [4.78, 5) is 14.2. The molecule has 0 heterocycles. The van der Waals surface area contributed by atoms with Gasteiger partial charge in [-0.2, -0.15) is 13.8 Å². The van der Waals surface area contributed by atoms with Gasteiger partial charge in [0.25, 0.3) is 0 Å². The molecule has 0 radical (unpaired) electrons. The van der Waals surface area contributed by atoms with Gasteiger partial charge in [-0.25, -0.2) is 6.04 Å². The first kappa shape index (κ1) is 18.2. The summed E-state index contributed by atoms with van der Waals surface area (Å²) in [5.74, 6) is 0.128. The minimum Gasteiger partial charge on any atom is -0.462 e. The van der Waals surface area contributed by atoms with Crippen molar-refractivity contribution in [3.8, 4) is 0 Å². The second-order valence-electron chi connectivity index (χ2n) is 5.68. The van der Waals surface area contributed by atoms with Crippen LogP contribution in [-0.4, -0.2) is 5.91 Å². The molecule has 1 amide bonds. The molecular formula is C15H22NOYb-. The van der Waals surface area contributed by atoms with E-state index in [4.69, 9.17) is 0 Å². The average Bonchev–Trinajstić information content (AvgIpc) is 2.15. The molecule has 0 spiro atoms. The Morgan fingerprint density at radius 2 is 1.78 bits per heavy atom. The fraction of sp³-hybridized carbons (Fsp3) is 0.467. The summed E-state index contributed by atoms with van der Waals surface area (Å²) in [6.45, 7) is 11.8. The van der Waals surface area contributed by atoms with Crippen LogP contribution in [0, 0.1) is 65.3 Å². The molecule has 0 saturated heterocycles. The molecule has 0 unspecified atom stereocenters. The quantitative estimate of drug-likeness (QED) is 0.683. The predicted molar refractivity (Wildman–Crippen MR) is 72.7 cm³/mol. The number of aryl methyl sites for hydroxylation is 1. The molecule has 108 valence electrons. The Kier molecular flexibility index (Phi) is 7.20. The molecule has 0 N–H and O–H groups in total. The van der Waals surface area contributed by atoms with Crippen molar-refractivity contribution in [2.45, 2.75) is 41.5 Å². The van der Waals surface area contributed by atoms with E-state index in [9.17, 15) is 4.79 Å². The molecule has 0 fully saturated rings. The maximum atomic E-state index is 12.4. The first-order valence-corrected chi connectivity index (χ1v) is 5.95. The number of benzene rings is 1. The summed E-state index contributed by atoms with van der Waals surface area (Å²) in [6, 6.07) is 9.03. The molecule has 1 aromatic rings. The molecule has 0 aliphatic rings. The van der Waals surface area contributed by atoms with Gasteiger partial charge in [0.2, 0.25) is 5.91 Å². The van der Waals surface area contributed by atoms with Crippen molar-refractivity contribution in [2.24, 2.45) is 5.41 Å². The van der Waals surface area contributed by atoms with Crippen molar-refractivity contribution < 1.29 is 51.7 Å². The monoisotopic (exact) mass is 406 g/mol. The van der Waals surface area contributed by atoms with Gasteiger partial charge < -0.3 is 4.90 Å². The van der Waals surface area contributed by atoms with Crippen LogP contribution >= 0.6 is 0 Å². The van der Waals surface area contributed by atoms with Crippen molar-refractivity contribution >= 4 is 11.6 Å². The molecule has 0 aromatic heterocycles. The van der Waals surface area contributed by atoms with E-state index in [2.05, 4.69) is 0 Å². The number of hydrogen-bond acceptors (Lipinski definition) is 1. The van der Waals surface area contributed by atoms with Crippen molar-refractivity contribution in [1.29, 1.82) is 0 Å². The van der Waals surface area contributed by atoms with Gasteiger partial charge in [-0.1, -0.05) is 32.9 Å². The molecule has 0 aliphatic heterocycles. The van der Waals surface area contributed by atoms with Gasteiger partial charge in [0.1, 0.15) is 0 Å². The Morgan fingerprint density at radius 3 is 2.17 bits per heavy atom. The number of nitrogens with zero attached hydrogens (tertiary/aromatic N) is 1. The van der Waals surface area contributed by atoms with Crippen LogP contribution < -0.4 is 4.90 Å². The number of carbonyl (C=O) groups is 1. The molecule has 0 atom stereocenters. The van der Waals surface area contributed by atoms with Gasteiger partial charge in [0.05, 0.1) is 0 Å². The third-order valence-corrected chi connectivity index (χ3v) is 2.55. The van der Waals surface area contributed by atoms with E-state index in [0.29, 0.717) is 0 Å². The van der Waals surface area contributed by atoms with Crippen molar-refractivity contribution in [3.63, 3.8) is 0 Å². The number of amides is 1. The zero-order valence-electron chi connectivity index (χ0n) is 11.9. The first-order chi connectivity index (χ1) is 7.73. The smallest absolute Gasteiger partial charge is 0.203 e. The molecule has 0 bridgehead atoms. The zero-order chi connectivity index (χ0) is 13.2. The van der Waals surface area contributed by atoms with E-state index in [1.807, 2.05) is 65.8 Å². The van der Waals surface area contributed by atoms with E-state index < -0.39 is 0 Å². The fourth-order valence-corrected chi connectivity index (χ4v) is 1.68. The van der Waals surface area contributed by atoms with Crippen LogP contribution in [0.3, 0.4) is 0 Å². The van der Waals surface area contributed by atoms with E-state index in [0.717, 1.165) is 17.3 Å². The van der Waals surface area contributed by atoms with Crippen LogP contribution in [-0.2, 0) is 4.79 Å². The third kappa shape index (κ3) is 4.71. The van der Waals surface area contributed by atoms with Gasteiger partial charge in [0, 0.05) is 58.0 Å². The summed E-state index contributed by atoms with van der Waals surface area (Å²) >= 11 is 0. The maximum absolute atomic E-state index is 12.4. The van der Waals surface area contributed by atoms with Gasteiger partial charge in [-0.05, 0) is 24.6 Å². The topological polar surface area (TPSA) is 20.3 Å². The number of rotatable bonds is 2. The minimum absolute atomic E-state index is 0. The van der Waals surface area contributed by atoms with E-state index in [1.54, 1.807) is 4.90 Å². The van der Waals surface area contributed by atoms with Gasteiger partial charge in [-0.15, -0.1) is 0 Å². The number of hydrogen-bond donors (Lipinski definition) is 0. The second-order valence-corrected chi connectivity index (χ2v) is 5.68. The standard InChI is InChI=1S/C15H22NO.Yb/c1-11(2)16(14(17)15(4,5)6)13-9-7-8-12(3)10-13;/h7-10H,1-6H3;/q-1;. The third-order valence-electron chi connectivity index (χ3n) is 2.55. The van der Waals surface area contributed by atoms with E-state index in [1.165, 1.54) is 0 Å². The number of carbonyl (C=O) groups excluding carboxylic acids is 1. The predicted octanol–water partition coefficient (Wildman–Crippen LogP) is 3.95. The van der Waals surface area contributed by atoms with Gasteiger partial charge >= 0.3 is 0 Å². The summed E-state index contributed by atoms with van der Waals surface area (Å²) in [7, 11) is 0. The summed E-state index contributed by atoms with van der Waals surface area (Å²) in [5.41, 5.74) is 1.74. The fourth-order valence-electron chi connectivity index (χ4n) is 1.68. The molecule has 18 heavy (non-hydrogen) atoms. The molecular weight excluding hydrogens is 383 g/mol. The average molecular weight is 405 g/mol. The second kappa shape index (κ2) is 7.12. The van der Waals surface area contributed by atoms with Crippen LogP contribution in [0.5, 0.6) is 0 Å². The Bertz CT molecular complexity index is 407. The van der Waals surface area contributed by atoms with Crippen molar-refractivity contribution in [3.05, 3.63) is 35.9 Å². The van der Waals surface area contributed by atoms with E-state index >= 15 is 0 Å².